The predicted molar refractivity (Wildman–Crippen MR) is 179 cm³/mol. The lowest BCUT2D eigenvalue weighted by Crippen LogP contribution is -2.44. The first kappa shape index (κ1) is 33.6. The largest absolute Gasteiger partial charge is 0.493 e. The van der Waals surface area contributed by atoms with Gasteiger partial charge in [-0.25, -0.2) is 0 Å². The summed E-state index contributed by atoms with van der Waals surface area (Å²) < 4.78 is 16.2. The molecule has 0 spiro atoms. The maximum Gasteiger partial charge on any atom is 0.254 e. The molecule has 1 N–H and O–H groups in total. The molecule has 4 rings (SSSR count). The summed E-state index contributed by atoms with van der Waals surface area (Å²) in [5, 5.41) is 1.14. The Kier molecular flexibility index (Phi) is 12.9. The number of aryl methyl sites for hydroxylation is 1. The van der Waals surface area contributed by atoms with E-state index in [0.29, 0.717) is 49.7 Å². The number of aromatic amines is 1. The van der Waals surface area contributed by atoms with Gasteiger partial charge in [0.25, 0.3) is 5.91 Å². The number of aromatic nitrogens is 1. The molecule has 240 valence electrons. The molecule has 0 radical (unpaired) electrons. The molecule has 45 heavy (non-hydrogen) atoms. The molecule has 1 heterocycles. The molecule has 0 saturated heterocycles. The molecule has 8 nitrogen and oxygen atoms in total. The number of H-pyrrole nitrogens is 1. The van der Waals surface area contributed by atoms with Crippen LogP contribution in [0.5, 0.6) is 11.5 Å². The maximum absolute atomic E-state index is 14.0. The summed E-state index contributed by atoms with van der Waals surface area (Å²) in [5.74, 6) is 0.910. The van der Waals surface area contributed by atoms with E-state index in [1.807, 2.05) is 71.8 Å². The van der Waals surface area contributed by atoms with Gasteiger partial charge in [-0.3, -0.25) is 9.59 Å². The summed E-state index contributed by atoms with van der Waals surface area (Å²) in [7, 11) is 4.80. The van der Waals surface area contributed by atoms with Gasteiger partial charge < -0.3 is 29.0 Å². The standard InChI is InChI=1S/C37H47N3O5/c1-5-6-7-8-11-28-14-17-30(18-15-28)37(42)40(22-23-43-2)27-36(41)39(26-29-16-19-34(44-3)35(24-29)45-4)21-20-31-25-38-33-13-10-9-12-32(31)33/h9-10,12-19,24-25,38H,5-8,11,20-23,26-27H2,1-4H3. The van der Waals surface area contributed by atoms with Crippen molar-refractivity contribution in [1.29, 1.82) is 0 Å². The molecular weight excluding hydrogens is 566 g/mol. The first-order valence-corrected chi connectivity index (χ1v) is 15.9. The topological polar surface area (TPSA) is 84.1 Å². The van der Waals surface area contributed by atoms with Crippen LogP contribution in [0.25, 0.3) is 10.9 Å². The number of carbonyl (C=O) groups excluding carboxylic acids is 2. The zero-order valence-electron chi connectivity index (χ0n) is 27.1. The van der Waals surface area contributed by atoms with Crippen LogP contribution in [-0.4, -0.2) is 74.2 Å². The molecule has 4 aromatic rings. The highest BCUT2D eigenvalue weighted by atomic mass is 16.5. The van der Waals surface area contributed by atoms with Crippen LogP contribution in [0.2, 0.25) is 0 Å². The van der Waals surface area contributed by atoms with Gasteiger partial charge in [0.1, 0.15) is 6.54 Å². The van der Waals surface area contributed by atoms with Crippen LogP contribution in [0, 0.1) is 0 Å². The first-order chi connectivity index (χ1) is 22.0. The minimum absolute atomic E-state index is 0.0534. The van der Waals surface area contributed by atoms with Crippen LogP contribution in [0.1, 0.15) is 59.7 Å². The van der Waals surface area contributed by atoms with E-state index in [1.54, 1.807) is 26.2 Å². The third kappa shape index (κ3) is 9.35. The Hall–Kier alpha value is -4.30. The van der Waals surface area contributed by atoms with Gasteiger partial charge in [-0.05, 0) is 66.3 Å². The third-order valence-electron chi connectivity index (χ3n) is 8.20. The Bertz CT molecular complexity index is 1510. The number of fused-ring (bicyclic) bond motifs is 1. The van der Waals surface area contributed by atoms with E-state index in [4.69, 9.17) is 14.2 Å². The Morgan fingerprint density at radius 3 is 2.27 bits per heavy atom. The van der Waals surface area contributed by atoms with E-state index in [-0.39, 0.29) is 18.4 Å². The smallest absolute Gasteiger partial charge is 0.254 e. The molecule has 3 aromatic carbocycles. The van der Waals surface area contributed by atoms with Crippen LogP contribution in [0.4, 0.5) is 0 Å². The number of nitrogens with one attached hydrogen (secondary N) is 1. The molecule has 2 amide bonds. The van der Waals surface area contributed by atoms with Crippen LogP contribution >= 0.6 is 0 Å². The average molecular weight is 614 g/mol. The van der Waals surface area contributed by atoms with Gasteiger partial charge in [0.2, 0.25) is 5.91 Å². The van der Waals surface area contributed by atoms with Crippen molar-refractivity contribution in [2.75, 3.05) is 47.6 Å². The van der Waals surface area contributed by atoms with Gasteiger partial charge in [-0.15, -0.1) is 0 Å². The average Bonchev–Trinajstić information content (AvgIpc) is 3.49. The number of para-hydroxylation sites is 1. The van der Waals surface area contributed by atoms with Crippen molar-refractivity contribution in [2.45, 2.75) is 52.0 Å². The van der Waals surface area contributed by atoms with Crippen LogP contribution in [-0.2, 0) is 28.9 Å². The van der Waals surface area contributed by atoms with Crippen molar-refractivity contribution in [3.63, 3.8) is 0 Å². The van der Waals surface area contributed by atoms with Gasteiger partial charge in [0, 0.05) is 49.4 Å². The fourth-order valence-corrected chi connectivity index (χ4v) is 5.55. The lowest BCUT2D eigenvalue weighted by atomic mass is 10.0. The normalized spacial score (nSPS) is 11.0. The van der Waals surface area contributed by atoms with Crippen molar-refractivity contribution in [3.05, 3.63) is 95.2 Å². The number of hydrogen-bond donors (Lipinski definition) is 1. The minimum atomic E-state index is -0.180. The molecule has 0 aliphatic heterocycles. The second kappa shape index (κ2) is 17.3. The molecule has 0 fully saturated rings. The molecule has 1 aromatic heterocycles. The van der Waals surface area contributed by atoms with Crippen molar-refractivity contribution in [3.8, 4) is 11.5 Å². The molecule has 8 heteroatoms. The molecule has 0 saturated carbocycles. The zero-order chi connectivity index (χ0) is 32.0. The minimum Gasteiger partial charge on any atom is -0.493 e. The lowest BCUT2D eigenvalue weighted by Gasteiger charge is -2.28. The summed E-state index contributed by atoms with van der Waals surface area (Å²) in [6.45, 7) is 3.64. The Labute approximate surface area is 267 Å². The van der Waals surface area contributed by atoms with Crippen molar-refractivity contribution in [2.24, 2.45) is 0 Å². The second-order valence-electron chi connectivity index (χ2n) is 11.3. The molecule has 0 aliphatic rings. The predicted octanol–water partition coefficient (Wildman–Crippen LogP) is 6.67. The van der Waals surface area contributed by atoms with E-state index in [2.05, 4.69) is 18.0 Å². The van der Waals surface area contributed by atoms with Gasteiger partial charge in [0.05, 0.1) is 20.8 Å². The number of rotatable bonds is 18. The van der Waals surface area contributed by atoms with Gasteiger partial charge in [-0.1, -0.05) is 62.6 Å². The molecular formula is C37H47N3O5. The van der Waals surface area contributed by atoms with Crippen molar-refractivity contribution < 1.29 is 23.8 Å². The number of benzene rings is 3. The monoisotopic (exact) mass is 613 g/mol. The fourth-order valence-electron chi connectivity index (χ4n) is 5.55. The lowest BCUT2D eigenvalue weighted by molar-refractivity contribution is -0.132. The molecule has 0 unspecified atom stereocenters. The highest BCUT2D eigenvalue weighted by Gasteiger charge is 2.23. The van der Waals surface area contributed by atoms with Crippen molar-refractivity contribution in [1.82, 2.24) is 14.8 Å². The van der Waals surface area contributed by atoms with Crippen molar-refractivity contribution >= 4 is 22.7 Å². The summed E-state index contributed by atoms with van der Waals surface area (Å²) in [6.07, 6.45) is 8.47. The van der Waals surface area contributed by atoms with E-state index in [1.165, 1.54) is 24.8 Å². The van der Waals surface area contributed by atoms with E-state index in [0.717, 1.165) is 34.9 Å². The summed E-state index contributed by atoms with van der Waals surface area (Å²) >= 11 is 0. The highest BCUT2D eigenvalue weighted by molar-refractivity contribution is 5.96. The van der Waals surface area contributed by atoms with Crippen LogP contribution in [0.15, 0.2) is 72.9 Å². The number of ether oxygens (including phenoxy) is 3. The summed E-state index contributed by atoms with van der Waals surface area (Å²) in [5.41, 5.74) is 4.90. The Morgan fingerprint density at radius 2 is 1.53 bits per heavy atom. The molecule has 0 atom stereocenters. The van der Waals surface area contributed by atoms with E-state index >= 15 is 0 Å². The Morgan fingerprint density at radius 1 is 0.778 bits per heavy atom. The van der Waals surface area contributed by atoms with E-state index in [9.17, 15) is 9.59 Å². The van der Waals surface area contributed by atoms with Gasteiger partial charge in [0.15, 0.2) is 11.5 Å². The highest BCUT2D eigenvalue weighted by Crippen LogP contribution is 2.28. The number of hydrogen-bond acceptors (Lipinski definition) is 5. The van der Waals surface area contributed by atoms with Crippen LogP contribution < -0.4 is 9.47 Å². The number of unbranched alkanes of at least 4 members (excludes halogenated alkanes) is 3. The zero-order valence-corrected chi connectivity index (χ0v) is 27.1. The summed E-state index contributed by atoms with van der Waals surface area (Å²) in [4.78, 5) is 34.4. The first-order valence-electron chi connectivity index (χ1n) is 15.9. The number of methoxy groups -OCH3 is 3. The third-order valence-corrected chi connectivity index (χ3v) is 8.20. The molecule has 0 aliphatic carbocycles. The molecule has 0 bridgehead atoms. The van der Waals surface area contributed by atoms with Gasteiger partial charge >= 0.3 is 0 Å². The maximum atomic E-state index is 14.0. The summed E-state index contributed by atoms with van der Waals surface area (Å²) in [6, 6.07) is 21.6. The number of carbonyl (C=O) groups is 2. The van der Waals surface area contributed by atoms with Gasteiger partial charge in [-0.2, -0.15) is 0 Å². The Balaban J connectivity index is 1.52. The number of nitrogens with zero attached hydrogens (tertiary/aromatic N) is 2. The van der Waals surface area contributed by atoms with Crippen LogP contribution in [0.3, 0.4) is 0 Å². The fraction of sp³-hybridized carbons (Fsp3) is 0.405. The second-order valence-corrected chi connectivity index (χ2v) is 11.3. The SMILES string of the molecule is CCCCCCc1ccc(C(=O)N(CCOC)CC(=O)N(CCc2c[nH]c3ccccc23)Cc2ccc(OC)c(OC)c2)cc1. The quantitative estimate of drug-likeness (QED) is 0.127. The van der Waals surface area contributed by atoms with E-state index < -0.39 is 0 Å². The number of amides is 2.